The summed E-state index contributed by atoms with van der Waals surface area (Å²) >= 11 is 0. The van der Waals surface area contributed by atoms with Crippen LogP contribution in [0.2, 0.25) is 0 Å². The number of benzene rings is 1. The predicted octanol–water partition coefficient (Wildman–Crippen LogP) is 6.05. The Kier molecular flexibility index (Phi) is 6.95. The van der Waals surface area contributed by atoms with Crippen molar-refractivity contribution in [2.75, 3.05) is 0 Å². The van der Waals surface area contributed by atoms with Gasteiger partial charge in [0.05, 0.1) is 5.25 Å². The Morgan fingerprint density at radius 3 is 2.24 bits per heavy atom. The van der Waals surface area contributed by atoms with E-state index in [9.17, 15) is 8.42 Å². The zero-order valence-corrected chi connectivity index (χ0v) is 17.1. The average molecular weight is 367 g/mol. The fourth-order valence-corrected chi connectivity index (χ4v) is 4.51. The zero-order valence-electron chi connectivity index (χ0n) is 16.3. The largest absolute Gasteiger partial charge is 0.382 e. The van der Waals surface area contributed by atoms with Gasteiger partial charge in [0.25, 0.3) is 0 Å². The highest BCUT2D eigenvalue weighted by molar-refractivity contribution is 7.87. The van der Waals surface area contributed by atoms with Crippen molar-refractivity contribution in [2.24, 2.45) is 5.41 Å². The first kappa shape index (κ1) is 20.3. The first-order valence-electron chi connectivity index (χ1n) is 9.71. The Labute approximate surface area is 154 Å². The van der Waals surface area contributed by atoms with Crippen LogP contribution in [-0.4, -0.2) is 13.7 Å². The molecule has 1 saturated carbocycles. The van der Waals surface area contributed by atoms with Crippen molar-refractivity contribution in [3.8, 4) is 5.75 Å². The summed E-state index contributed by atoms with van der Waals surface area (Å²) in [6.07, 6.45) is 8.96. The van der Waals surface area contributed by atoms with Gasteiger partial charge in [0, 0.05) is 0 Å². The van der Waals surface area contributed by atoms with Crippen LogP contribution in [-0.2, 0) is 10.1 Å². The lowest BCUT2D eigenvalue weighted by Crippen LogP contribution is -2.23. The minimum Gasteiger partial charge on any atom is -0.382 e. The van der Waals surface area contributed by atoms with Crippen molar-refractivity contribution in [1.29, 1.82) is 0 Å². The maximum absolute atomic E-state index is 12.4. The monoisotopic (exact) mass is 366 g/mol. The number of hydrogen-bond acceptors (Lipinski definition) is 3. The van der Waals surface area contributed by atoms with Crippen LogP contribution in [0.15, 0.2) is 24.3 Å². The van der Waals surface area contributed by atoms with E-state index < -0.39 is 15.4 Å². The van der Waals surface area contributed by atoms with E-state index in [1.165, 1.54) is 37.7 Å². The molecular formula is C21H34O3S. The van der Waals surface area contributed by atoms with Gasteiger partial charge in [-0.2, -0.15) is 8.42 Å². The van der Waals surface area contributed by atoms with Gasteiger partial charge >= 0.3 is 10.1 Å². The second kappa shape index (κ2) is 8.57. The average Bonchev–Trinajstić information content (AvgIpc) is 2.55. The molecule has 0 aliphatic heterocycles. The molecule has 1 aromatic carbocycles. The molecule has 1 aliphatic carbocycles. The summed E-state index contributed by atoms with van der Waals surface area (Å²) in [5.41, 5.74) is 1.54. The highest BCUT2D eigenvalue weighted by Crippen LogP contribution is 2.33. The molecule has 1 atom stereocenters. The SMILES string of the molecule is CC(CCCC(C)(C)C)S(=O)(=O)Oc1ccc(C2CCCCC2)cc1. The fourth-order valence-electron chi connectivity index (χ4n) is 3.51. The van der Waals surface area contributed by atoms with Crippen molar-refractivity contribution in [2.45, 2.75) is 90.2 Å². The van der Waals surface area contributed by atoms with E-state index in [-0.39, 0.29) is 5.41 Å². The predicted molar refractivity (Wildman–Crippen MR) is 105 cm³/mol. The minimum atomic E-state index is -3.57. The van der Waals surface area contributed by atoms with E-state index >= 15 is 0 Å². The van der Waals surface area contributed by atoms with Crippen LogP contribution in [0.5, 0.6) is 5.75 Å². The van der Waals surface area contributed by atoms with Gasteiger partial charge < -0.3 is 4.18 Å². The van der Waals surface area contributed by atoms with Gasteiger partial charge in [-0.3, -0.25) is 0 Å². The van der Waals surface area contributed by atoms with Gasteiger partial charge in [-0.05, 0) is 61.6 Å². The molecule has 0 saturated heterocycles. The Hall–Kier alpha value is -1.03. The van der Waals surface area contributed by atoms with Crippen molar-refractivity contribution < 1.29 is 12.6 Å². The smallest absolute Gasteiger partial charge is 0.311 e. The molecule has 0 bridgehead atoms. The van der Waals surface area contributed by atoms with Crippen LogP contribution in [0.4, 0.5) is 0 Å². The molecule has 1 unspecified atom stereocenters. The van der Waals surface area contributed by atoms with E-state index in [4.69, 9.17) is 4.18 Å². The molecule has 1 fully saturated rings. The van der Waals surface area contributed by atoms with E-state index in [1.807, 2.05) is 24.3 Å². The third-order valence-corrected chi connectivity index (χ3v) is 6.85. The van der Waals surface area contributed by atoms with Gasteiger partial charge in [-0.15, -0.1) is 0 Å². The maximum atomic E-state index is 12.4. The first-order valence-corrected chi connectivity index (χ1v) is 11.2. The summed E-state index contributed by atoms with van der Waals surface area (Å²) in [6.45, 7) is 8.28. The van der Waals surface area contributed by atoms with Crippen LogP contribution in [0, 0.1) is 5.41 Å². The number of rotatable bonds is 7. The zero-order chi connectivity index (χ0) is 18.5. The Morgan fingerprint density at radius 1 is 1.08 bits per heavy atom. The summed E-state index contributed by atoms with van der Waals surface area (Å²) in [7, 11) is -3.57. The molecule has 0 spiro atoms. The third-order valence-electron chi connectivity index (χ3n) is 5.20. The molecule has 0 amide bonds. The molecule has 1 aliphatic rings. The summed E-state index contributed by atoms with van der Waals surface area (Å²) < 4.78 is 30.2. The molecule has 142 valence electrons. The molecular weight excluding hydrogens is 332 g/mol. The van der Waals surface area contributed by atoms with Crippen LogP contribution in [0.3, 0.4) is 0 Å². The van der Waals surface area contributed by atoms with Gasteiger partial charge in [0.1, 0.15) is 5.75 Å². The van der Waals surface area contributed by atoms with Crippen LogP contribution in [0.25, 0.3) is 0 Å². The second-order valence-corrected chi connectivity index (χ2v) is 10.7. The van der Waals surface area contributed by atoms with Crippen molar-refractivity contribution in [1.82, 2.24) is 0 Å². The van der Waals surface area contributed by atoms with E-state index in [0.717, 1.165) is 12.8 Å². The van der Waals surface area contributed by atoms with Crippen LogP contribution >= 0.6 is 0 Å². The number of hydrogen-bond donors (Lipinski definition) is 0. The molecule has 0 radical (unpaired) electrons. The lowest BCUT2D eigenvalue weighted by molar-refractivity contribution is 0.357. The molecule has 0 heterocycles. The lowest BCUT2D eigenvalue weighted by Gasteiger charge is -2.22. The Morgan fingerprint density at radius 2 is 1.68 bits per heavy atom. The van der Waals surface area contributed by atoms with Gasteiger partial charge in [-0.1, -0.05) is 58.6 Å². The second-order valence-electron chi connectivity index (χ2n) is 8.74. The van der Waals surface area contributed by atoms with Crippen molar-refractivity contribution in [3.05, 3.63) is 29.8 Å². The first-order chi connectivity index (χ1) is 11.7. The quantitative estimate of drug-likeness (QED) is 0.552. The Bertz CT molecular complexity index is 620. The van der Waals surface area contributed by atoms with E-state index in [1.54, 1.807) is 6.92 Å². The summed E-state index contributed by atoms with van der Waals surface area (Å²) in [6, 6.07) is 7.68. The fraction of sp³-hybridized carbons (Fsp3) is 0.714. The van der Waals surface area contributed by atoms with Gasteiger partial charge in [-0.25, -0.2) is 0 Å². The molecule has 0 aromatic heterocycles. The normalized spacial score (nSPS) is 18.1. The minimum absolute atomic E-state index is 0.235. The van der Waals surface area contributed by atoms with E-state index in [2.05, 4.69) is 20.8 Å². The highest BCUT2D eigenvalue weighted by atomic mass is 32.2. The van der Waals surface area contributed by atoms with Crippen molar-refractivity contribution in [3.63, 3.8) is 0 Å². The third kappa shape index (κ3) is 6.65. The van der Waals surface area contributed by atoms with E-state index in [0.29, 0.717) is 18.1 Å². The lowest BCUT2D eigenvalue weighted by atomic mass is 9.84. The topological polar surface area (TPSA) is 43.4 Å². The molecule has 1 aromatic rings. The summed E-state index contributed by atoms with van der Waals surface area (Å²) in [5, 5.41) is -0.479. The molecule has 25 heavy (non-hydrogen) atoms. The Balaban J connectivity index is 1.90. The standard InChI is InChI=1S/C21H34O3S/c1-17(9-8-16-21(2,3)4)25(22,23)24-20-14-12-19(13-15-20)18-10-6-5-7-11-18/h12-15,17-18H,5-11,16H2,1-4H3. The molecule has 3 nitrogen and oxygen atoms in total. The maximum Gasteiger partial charge on any atom is 0.311 e. The van der Waals surface area contributed by atoms with Gasteiger partial charge in [0.15, 0.2) is 0 Å². The highest BCUT2D eigenvalue weighted by Gasteiger charge is 2.24. The van der Waals surface area contributed by atoms with Gasteiger partial charge in [0.2, 0.25) is 0 Å². The summed E-state index contributed by atoms with van der Waals surface area (Å²) in [4.78, 5) is 0. The molecule has 2 rings (SSSR count). The summed E-state index contributed by atoms with van der Waals surface area (Å²) in [5.74, 6) is 1.05. The van der Waals surface area contributed by atoms with Crippen LogP contribution in [0.1, 0.15) is 90.5 Å². The molecule has 0 N–H and O–H groups in total. The van der Waals surface area contributed by atoms with Crippen molar-refractivity contribution >= 4 is 10.1 Å². The van der Waals surface area contributed by atoms with Crippen LogP contribution < -0.4 is 4.18 Å². The molecule has 4 heteroatoms.